The van der Waals surface area contributed by atoms with Crippen molar-refractivity contribution in [2.75, 3.05) is 12.0 Å². The highest BCUT2D eigenvalue weighted by Crippen LogP contribution is 2.25. The highest BCUT2D eigenvalue weighted by Gasteiger charge is 2.36. The lowest BCUT2D eigenvalue weighted by Crippen LogP contribution is -2.54. The van der Waals surface area contributed by atoms with E-state index in [-0.39, 0.29) is 5.57 Å². The van der Waals surface area contributed by atoms with Crippen molar-refractivity contribution in [3.8, 4) is 5.75 Å². The average molecular weight is 312 g/mol. The predicted molar refractivity (Wildman–Crippen MR) is 80.7 cm³/mol. The fourth-order valence-electron chi connectivity index (χ4n) is 2.17. The lowest BCUT2D eigenvalue weighted by Gasteiger charge is -2.26. The maximum absolute atomic E-state index is 12.6. The number of hydrogen-bond donors (Lipinski definition) is 1. The fourth-order valence-corrected chi connectivity index (χ4v) is 2.17. The van der Waals surface area contributed by atoms with Crippen LogP contribution in [0.15, 0.2) is 52.8 Å². The van der Waals surface area contributed by atoms with Crippen molar-refractivity contribution in [1.29, 1.82) is 0 Å². The number of urea groups is 1. The number of carbonyl (C=O) groups is 3. The third-order valence-electron chi connectivity index (χ3n) is 3.27. The lowest BCUT2D eigenvalue weighted by molar-refractivity contribution is -0.122. The molecule has 0 spiro atoms. The summed E-state index contributed by atoms with van der Waals surface area (Å²) >= 11 is 0. The van der Waals surface area contributed by atoms with Crippen LogP contribution < -0.4 is 15.0 Å². The van der Waals surface area contributed by atoms with Crippen molar-refractivity contribution in [1.82, 2.24) is 5.32 Å². The van der Waals surface area contributed by atoms with Crippen LogP contribution in [0.25, 0.3) is 6.08 Å². The van der Waals surface area contributed by atoms with Gasteiger partial charge in [0.25, 0.3) is 11.8 Å². The van der Waals surface area contributed by atoms with Crippen molar-refractivity contribution in [2.45, 2.75) is 0 Å². The maximum Gasteiger partial charge on any atom is 0.335 e. The molecule has 1 aliphatic rings. The molecule has 3 rings (SSSR count). The molecular weight excluding hydrogens is 300 g/mol. The van der Waals surface area contributed by atoms with E-state index in [9.17, 15) is 14.4 Å². The van der Waals surface area contributed by atoms with Gasteiger partial charge in [-0.25, -0.2) is 9.69 Å². The number of nitrogens with one attached hydrogen (secondary N) is 1. The van der Waals surface area contributed by atoms with Gasteiger partial charge in [-0.15, -0.1) is 0 Å². The van der Waals surface area contributed by atoms with Gasteiger partial charge in [0.05, 0.1) is 25.3 Å². The van der Waals surface area contributed by atoms with Crippen LogP contribution >= 0.6 is 0 Å². The normalized spacial score (nSPS) is 16.7. The number of barbiturate groups is 1. The lowest BCUT2D eigenvalue weighted by atomic mass is 10.1. The van der Waals surface area contributed by atoms with Crippen LogP contribution in [-0.2, 0) is 9.59 Å². The Kier molecular flexibility index (Phi) is 3.68. The minimum absolute atomic E-state index is 0.159. The highest BCUT2D eigenvalue weighted by atomic mass is 16.5. The topological polar surface area (TPSA) is 88.8 Å². The number of amides is 4. The van der Waals surface area contributed by atoms with Gasteiger partial charge in [0.1, 0.15) is 11.3 Å². The zero-order valence-electron chi connectivity index (χ0n) is 12.1. The monoisotopic (exact) mass is 312 g/mol. The molecule has 0 aliphatic carbocycles. The van der Waals surface area contributed by atoms with Crippen LogP contribution in [0.1, 0.15) is 5.56 Å². The molecule has 1 N–H and O–H groups in total. The molecule has 1 aliphatic heterocycles. The second kappa shape index (κ2) is 5.80. The zero-order valence-corrected chi connectivity index (χ0v) is 12.1. The van der Waals surface area contributed by atoms with Crippen LogP contribution in [0.2, 0.25) is 0 Å². The van der Waals surface area contributed by atoms with Crippen molar-refractivity contribution in [2.24, 2.45) is 0 Å². The predicted octanol–water partition coefficient (Wildman–Crippen LogP) is 1.95. The first kappa shape index (κ1) is 14.6. The van der Waals surface area contributed by atoms with Crippen molar-refractivity contribution in [3.05, 3.63) is 54.0 Å². The molecule has 0 saturated carbocycles. The van der Waals surface area contributed by atoms with Crippen LogP contribution in [0.5, 0.6) is 5.75 Å². The minimum Gasteiger partial charge on any atom is -0.497 e. The number of carbonyl (C=O) groups excluding carboxylic acids is 3. The van der Waals surface area contributed by atoms with Crippen molar-refractivity contribution in [3.63, 3.8) is 0 Å². The smallest absolute Gasteiger partial charge is 0.335 e. The molecule has 2 aromatic rings. The Morgan fingerprint density at radius 2 is 2.04 bits per heavy atom. The van der Waals surface area contributed by atoms with Gasteiger partial charge >= 0.3 is 6.03 Å². The molecule has 7 heteroatoms. The summed E-state index contributed by atoms with van der Waals surface area (Å²) in [5.74, 6) is -0.978. The summed E-state index contributed by atoms with van der Waals surface area (Å²) in [6.07, 6.45) is 4.17. The number of anilines is 1. The minimum atomic E-state index is -0.808. The number of benzene rings is 1. The second-order valence-electron chi connectivity index (χ2n) is 4.72. The summed E-state index contributed by atoms with van der Waals surface area (Å²) in [4.78, 5) is 37.5. The third-order valence-corrected chi connectivity index (χ3v) is 3.27. The first-order chi connectivity index (χ1) is 11.1. The molecule has 0 bridgehead atoms. The van der Waals surface area contributed by atoms with Gasteiger partial charge in [0.2, 0.25) is 0 Å². The van der Waals surface area contributed by atoms with Gasteiger partial charge in [-0.3, -0.25) is 14.9 Å². The van der Waals surface area contributed by atoms with E-state index < -0.39 is 17.8 Å². The highest BCUT2D eigenvalue weighted by molar-refractivity contribution is 6.39. The van der Waals surface area contributed by atoms with Gasteiger partial charge in [0.15, 0.2) is 0 Å². The Balaban J connectivity index is 2.01. The molecule has 0 radical (unpaired) electrons. The SMILES string of the molecule is COc1cccc(N2C(=O)NC(=O)C(=Cc3ccoc3)C2=O)c1. The number of nitrogens with zero attached hydrogens (tertiary/aromatic N) is 1. The van der Waals surface area contributed by atoms with Crippen LogP contribution in [-0.4, -0.2) is 25.0 Å². The average Bonchev–Trinajstić information content (AvgIpc) is 3.04. The van der Waals surface area contributed by atoms with Gasteiger partial charge in [-0.2, -0.15) is 0 Å². The van der Waals surface area contributed by atoms with Crippen LogP contribution in [0.3, 0.4) is 0 Å². The fraction of sp³-hybridized carbons (Fsp3) is 0.0625. The molecule has 0 atom stereocenters. The Hall–Kier alpha value is -3.35. The molecule has 23 heavy (non-hydrogen) atoms. The maximum atomic E-state index is 12.6. The first-order valence-electron chi connectivity index (χ1n) is 6.68. The summed E-state index contributed by atoms with van der Waals surface area (Å²) in [7, 11) is 1.48. The van der Waals surface area contributed by atoms with E-state index >= 15 is 0 Å². The van der Waals surface area contributed by atoms with E-state index in [2.05, 4.69) is 5.32 Å². The zero-order chi connectivity index (χ0) is 16.4. The van der Waals surface area contributed by atoms with Gasteiger partial charge < -0.3 is 9.15 Å². The molecule has 1 saturated heterocycles. The number of rotatable bonds is 3. The number of methoxy groups -OCH3 is 1. The molecule has 116 valence electrons. The molecule has 4 amide bonds. The van der Waals surface area contributed by atoms with Gasteiger partial charge in [-0.05, 0) is 24.3 Å². The summed E-state index contributed by atoms with van der Waals surface area (Å²) in [5.41, 5.74) is 0.690. The molecule has 0 unspecified atom stereocenters. The first-order valence-corrected chi connectivity index (χ1v) is 6.68. The van der Waals surface area contributed by atoms with E-state index in [1.54, 1.807) is 24.3 Å². The van der Waals surface area contributed by atoms with E-state index in [1.165, 1.54) is 31.8 Å². The van der Waals surface area contributed by atoms with Crippen molar-refractivity contribution >= 4 is 29.6 Å². The molecular formula is C16H12N2O5. The van der Waals surface area contributed by atoms with Gasteiger partial charge in [0, 0.05) is 11.6 Å². The van der Waals surface area contributed by atoms with Gasteiger partial charge in [-0.1, -0.05) is 6.07 Å². The standard InChI is InChI=1S/C16H12N2O5/c1-22-12-4-2-3-11(8-12)18-15(20)13(14(19)17-16(18)21)7-10-5-6-23-9-10/h2-9H,1H3,(H,17,19,21). The largest absolute Gasteiger partial charge is 0.497 e. The number of imide groups is 2. The number of ether oxygens (including phenoxy) is 1. The molecule has 2 heterocycles. The quantitative estimate of drug-likeness (QED) is 0.691. The number of furan rings is 1. The summed E-state index contributed by atoms with van der Waals surface area (Å²) in [6, 6.07) is 7.22. The molecule has 7 nitrogen and oxygen atoms in total. The number of hydrogen-bond acceptors (Lipinski definition) is 5. The van der Waals surface area contributed by atoms with Crippen LogP contribution in [0, 0.1) is 0 Å². The summed E-state index contributed by atoms with van der Waals surface area (Å²) in [6.45, 7) is 0. The summed E-state index contributed by atoms with van der Waals surface area (Å²) in [5, 5.41) is 2.15. The molecule has 1 aromatic carbocycles. The third kappa shape index (κ3) is 2.71. The summed E-state index contributed by atoms with van der Waals surface area (Å²) < 4.78 is 9.99. The van der Waals surface area contributed by atoms with Crippen LogP contribution in [0.4, 0.5) is 10.5 Å². The van der Waals surface area contributed by atoms with E-state index in [4.69, 9.17) is 9.15 Å². The Morgan fingerprint density at radius 1 is 1.22 bits per heavy atom. The molecule has 1 fully saturated rings. The second-order valence-corrected chi connectivity index (χ2v) is 4.72. The van der Waals surface area contributed by atoms with E-state index in [1.807, 2.05) is 0 Å². The van der Waals surface area contributed by atoms with Crippen molar-refractivity contribution < 1.29 is 23.5 Å². The molecule has 1 aromatic heterocycles. The Morgan fingerprint density at radius 3 is 2.74 bits per heavy atom. The Labute approximate surface area is 131 Å². The van der Waals surface area contributed by atoms with E-state index in [0.717, 1.165) is 4.90 Å². The van der Waals surface area contributed by atoms with E-state index in [0.29, 0.717) is 17.0 Å². The Bertz CT molecular complexity index is 808.